The molecule has 0 amide bonds. The molecule has 1 aromatic carbocycles. The zero-order chi connectivity index (χ0) is 12.5. The van der Waals surface area contributed by atoms with Crippen molar-refractivity contribution in [2.75, 3.05) is 0 Å². The van der Waals surface area contributed by atoms with Crippen molar-refractivity contribution in [3.05, 3.63) is 40.7 Å². The van der Waals surface area contributed by atoms with E-state index in [4.69, 9.17) is 16.9 Å². The standard InChI is InChI=1S/C14H12ClN3/c15-12-6-10(8-16)5-11(7-12)13-9-17-18-4-2-1-3-14(13)18/h5-7,9H,1-4H2. The first kappa shape index (κ1) is 11.3. The van der Waals surface area contributed by atoms with Gasteiger partial charge in [0.2, 0.25) is 0 Å². The van der Waals surface area contributed by atoms with Crippen LogP contribution in [0.5, 0.6) is 0 Å². The molecule has 0 fully saturated rings. The molecule has 90 valence electrons. The van der Waals surface area contributed by atoms with Crippen LogP contribution in [0.3, 0.4) is 0 Å². The van der Waals surface area contributed by atoms with Gasteiger partial charge in [-0.15, -0.1) is 0 Å². The van der Waals surface area contributed by atoms with Crippen LogP contribution in [0.15, 0.2) is 24.4 Å². The number of aryl methyl sites for hydroxylation is 1. The second kappa shape index (κ2) is 4.47. The Labute approximate surface area is 111 Å². The summed E-state index contributed by atoms with van der Waals surface area (Å²) in [6, 6.07) is 7.59. The van der Waals surface area contributed by atoms with E-state index in [1.165, 1.54) is 18.5 Å². The molecular weight excluding hydrogens is 246 g/mol. The monoisotopic (exact) mass is 257 g/mol. The molecule has 3 nitrogen and oxygen atoms in total. The average molecular weight is 258 g/mol. The molecule has 0 radical (unpaired) electrons. The van der Waals surface area contributed by atoms with Gasteiger partial charge < -0.3 is 0 Å². The summed E-state index contributed by atoms with van der Waals surface area (Å²) in [6.45, 7) is 0.987. The summed E-state index contributed by atoms with van der Waals surface area (Å²) in [4.78, 5) is 0. The van der Waals surface area contributed by atoms with Gasteiger partial charge in [0.25, 0.3) is 0 Å². The fourth-order valence-electron chi connectivity index (χ4n) is 2.47. The van der Waals surface area contributed by atoms with Crippen molar-refractivity contribution in [2.45, 2.75) is 25.8 Å². The number of rotatable bonds is 1. The fourth-order valence-corrected chi connectivity index (χ4v) is 2.71. The lowest BCUT2D eigenvalue weighted by molar-refractivity contribution is 0.487. The second-order valence-electron chi connectivity index (χ2n) is 4.53. The minimum absolute atomic E-state index is 0.591. The average Bonchev–Trinajstić information content (AvgIpc) is 2.81. The molecule has 2 aromatic rings. The van der Waals surface area contributed by atoms with Gasteiger partial charge in [0.05, 0.1) is 17.8 Å². The van der Waals surface area contributed by atoms with Crippen molar-refractivity contribution in [1.29, 1.82) is 5.26 Å². The van der Waals surface area contributed by atoms with E-state index in [1.54, 1.807) is 6.07 Å². The van der Waals surface area contributed by atoms with Crippen LogP contribution in [-0.4, -0.2) is 9.78 Å². The number of hydrogen-bond donors (Lipinski definition) is 0. The molecule has 0 saturated carbocycles. The lowest BCUT2D eigenvalue weighted by Crippen LogP contribution is -2.11. The Balaban J connectivity index is 2.13. The van der Waals surface area contributed by atoms with Crippen LogP contribution < -0.4 is 0 Å². The van der Waals surface area contributed by atoms with Crippen molar-refractivity contribution < 1.29 is 0 Å². The third-order valence-corrected chi connectivity index (χ3v) is 3.54. The van der Waals surface area contributed by atoms with E-state index < -0.39 is 0 Å². The number of benzene rings is 1. The normalized spacial score (nSPS) is 14.0. The van der Waals surface area contributed by atoms with Crippen molar-refractivity contribution in [3.8, 4) is 17.2 Å². The Morgan fingerprint density at radius 1 is 1.28 bits per heavy atom. The molecule has 0 spiro atoms. The van der Waals surface area contributed by atoms with Crippen LogP contribution in [0.25, 0.3) is 11.1 Å². The highest BCUT2D eigenvalue weighted by atomic mass is 35.5. The summed E-state index contributed by atoms with van der Waals surface area (Å²) in [6.07, 6.45) is 5.31. The summed E-state index contributed by atoms with van der Waals surface area (Å²) in [5.74, 6) is 0. The first-order valence-corrected chi connectivity index (χ1v) is 6.41. The molecule has 0 unspecified atom stereocenters. The van der Waals surface area contributed by atoms with Gasteiger partial charge in [-0.3, -0.25) is 4.68 Å². The Hall–Kier alpha value is -1.79. The molecule has 0 saturated heterocycles. The lowest BCUT2D eigenvalue weighted by Gasteiger charge is -2.14. The highest BCUT2D eigenvalue weighted by Gasteiger charge is 2.16. The molecule has 2 heterocycles. The van der Waals surface area contributed by atoms with Crippen LogP contribution in [0.4, 0.5) is 0 Å². The summed E-state index contributed by atoms with van der Waals surface area (Å²) < 4.78 is 2.06. The van der Waals surface area contributed by atoms with E-state index in [1.807, 2.05) is 18.3 Å². The SMILES string of the molecule is N#Cc1cc(Cl)cc(-c2cnn3c2CCCC3)c1. The van der Waals surface area contributed by atoms with Crippen LogP contribution in [0.1, 0.15) is 24.1 Å². The van der Waals surface area contributed by atoms with Crippen LogP contribution in [0.2, 0.25) is 5.02 Å². The number of nitrogens with zero attached hydrogens (tertiary/aromatic N) is 3. The number of aromatic nitrogens is 2. The lowest BCUT2D eigenvalue weighted by atomic mass is 10.00. The molecule has 0 N–H and O–H groups in total. The van der Waals surface area contributed by atoms with Crippen molar-refractivity contribution in [3.63, 3.8) is 0 Å². The largest absolute Gasteiger partial charge is 0.269 e. The third kappa shape index (κ3) is 1.89. The maximum Gasteiger partial charge on any atom is 0.0992 e. The predicted octanol–water partition coefficient (Wildman–Crippen LogP) is 3.41. The van der Waals surface area contributed by atoms with E-state index in [0.717, 1.165) is 24.1 Å². The summed E-state index contributed by atoms with van der Waals surface area (Å²) in [5.41, 5.74) is 3.94. The van der Waals surface area contributed by atoms with Gasteiger partial charge in [0.1, 0.15) is 0 Å². The van der Waals surface area contributed by atoms with E-state index in [0.29, 0.717) is 10.6 Å². The zero-order valence-electron chi connectivity index (χ0n) is 9.86. The summed E-state index contributed by atoms with van der Waals surface area (Å²) in [7, 11) is 0. The van der Waals surface area contributed by atoms with Gasteiger partial charge in [0.15, 0.2) is 0 Å². The zero-order valence-corrected chi connectivity index (χ0v) is 10.6. The number of nitriles is 1. The minimum atomic E-state index is 0.591. The van der Waals surface area contributed by atoms with Crippen LogP contribution in [0, 0.1) is 11.3 Å². The smallest absolute Gasteiger partial charge is 0.0992 e. The maximum atomic E-state index is 8.99. The predicted molar refractivity (Wildman–Crippen MR) is 70.3 cm³/mol. The molecule has 18 heavy (non-hydrogen) atoms. The van der Waals surface area contributed by atoms with E-state index in [-0.39, 0.29) is 0 Å². The van der Waals surface area contributed by atoms with Crippen molar-refractivity contribution in [1.82, 2.24) is 9.78 Å². The Morgan fingerprint density at radius 2 is 2.17 bits per heavy atom. The van der Waals surface area contributed by atoms with E-state index in [9.17, 15) is 0 Å². The first-order chi connectivity index (χ1) is 8.78. The molecule has 0 aliphatic carbocycles. The number of halogens is 1. The van der Waals surface area contributed by atoms with Gasteiger partial charge in [-0.2, -0.15) is 10.4 Å². The molecule has 0 bridgehead atoms. The Morgan fingerprint density at radius 3 is 3.00 bits per heavy atom. The molecular formula is C14H12ClN3. The maximum absolute atomic E-state index is 8.99. The van der Waals surface area contributed by atoms with Crippen molar-refractivity contribution >= 4 is 11.6 Å². The molecule has 3 rings (SSSR count). The molecule has 0 atom stereocenters. The van der Waals surface area contributed by atoms with Gasteiger partial charge >= 0.3 is 0 Å². The minimum Gasteiger partial charge on any atom is -0.269 e. The number of fused-ring (bicyclic) bond motifs is 1. The van der Waals surface area contributed by atoms with E-state index in [2.05, 4.69) is 15.8 Å². The Kier molecular flexibility index (Phi) is 2.81. The molecule has 1 aromatic heterocycles. The van der Waals surface area contributed by atoms with E-state index >= 15 is 0 Å². The number of hydrogen-bond acceptors (Lipinski definition) is 2. The van der Waals surface area contributed by atoms with Crippen LogP contribution >= 0.6 is 11.6 Å². The summed E-state index contributed by atoms with van der Waals surface area (Å²) >= 11 is 6.05. The quantitative estimate of drug-likeness (QED) is 0.786. The fraction of sp³-hybridized carbons (Fsp3) is 0.286. The molecule has 1 aliphatic heterocycles. The summed E-state index contributed by atoms with van der Waals surface area (Å²) in [5, 5.41) is 14.0. The highest BCUT2D eigenvalue weighted by molar-refractivity contribution is 6.31. The first-order valence-electron chi connectivity index (χ1n) is 6.03. The van der Waals surface area contributed by atoms with Crippen molar-refractivity contribution in [2.24, 2.45) is 0 Å². The van der Waals surface area contributed by atoms with Gasteiger partial charge in [0, 0.05) is 22.8 Å². The van der Waals surface area contributed by atoms with Crippen LogP contribution in [-0.2, 0) is 13.0 Å². The van der Waals surface area contributed by atoms with Gasteiger partial charge in [-0.05, 0) is 43.0 Å². The van der Waals surface area contributed by atoms with Gasteiger partial charge in [-0.1, -0.05) is 11.6 Å². The van der Waals surface area contributed by atoms with Gasteiger partial charge in [-0.25, -0.2) is 0 Å². The second-order valence-corrected chi connectivity index (χ2v) is 4.96. The topological polar surface area (TPSA) is 41.6 Å². The Bertz CT molecular complexity index is 637. The molecule has 1 aliphatic rings. The third-order valence-electron chi connectivity index (χ3n) is 3.32. The highest BCUT2D eigenvalue weighted by Crippen LogP contribution is 2.30. The molecule has 4 heteroatoms.